The smallest absolute Gasteiger partial charge is 0.340 e. The number of carbonyl (C=O) groups is 1. The monoisotopic (exact) mass is 367 g/mol. The van der Waals surface area contributed by atoms with E-state index in [4.69, 9.17) is 11.6 Å². The summed E-state index contributed by atoms with van der Waals surface area (Å²) in [7, 11) is 1.25. The second-order valence-electron chi connectivity index (χ2n) is 2.57. The molecular weight excluding hydrogens is 365 g/mol. The van der Waals surface area contributed by atoms with E-state index in [-0.39, 0.29) is 20.7 Å². The maximum atomic E-state index is 11.5. The number of aliphatic imine (C=N–C) groups is 1. The summed E-state index contributed by atoms with van der Waals surface area (Å²) in [5, 5.41) is 0.217. The lowest BCUT2D eigenvalue weighted by atomic mass is 10.2. The molecule has 1 rings (SSSR count). The summed E-state index contributed by atoms with van der Waals surface area (Å²) in [5.41, 5.74) is 0.348. The number of halogens is 3. The first-order valence-electron chi connectivity index (χ1n) is 3.86. The van der Waals surface area contributed by atoms with E-state index >= 15 is 0 Å². The molecule has 0 fully saturated rings. The van der Waals surface area contributed by atoms with Crippen molar-refractivity contribution in [3.05, 3.63) is 25.6 Å². The fourth-order valence-electron chi connectivity index (χ4n) is 1.02. The van der Waals surface area contributed by atoms with Crippen LogP contribution in [-0.2, 0) is 9.53 Å². The molecule has 0 aromatic heterocycles. The van der Waals surface area contributed by atoms with Crippen molar-refractivity contribution in [1.29, 1.82) is 0 Å². The molecule has 0 saturated carbocycles. The fourth-order valence-corrected chi connectivity index (χ4v) is 3.04. The topological polar surface area (TPSA) is 55.7 Å². The Kier molecular flexibility index (Phi) is 4.68. The zero-order valence-corrected chi connectivity index (χ0v) is 11.8. The highest BCUT2D eigenvalue weighted by Gasteiger charge is 2.20. The summed E-state index contributed by atoms with van der Waals surface area (Å²) in [6.45, 7) is 0. The van der Waals surface area contributed by atoms with Crippen LogP contribution in [0.5, 0.6) is 0 Å². The minimum atomic E-state index is -0.572. The van der Waals surface area contributed by atoms with Gasteiger partial charge in [0.25, 0.3) is 0 Å². The molecule has 0 N–H and O–H groups in total. The minimum Gasteiger partial charge on any atom is -0.465 e. The standard InChI is InChI=1S/C9H4Br2ClNO3/c1-16-9(15)6-4(10)2-5(12)8(7(6)11)13-3-14/h2H,1H3. The zero-order chi connectivity index (χ0) is 12.3. The van der Waals surface area contributed by atoms with Gasteiger partial charge in [-0.1, -0.05) is 11.6 Å². The first-order valence-corrected chi connectivity index (χ1v) is 5.83. The summed E-state index contributed by atoms with van der Waals surface area (Å²) in [6, 6.07) is 1.45. The number of hydrogen-bond acceptors (Lipinski definition) is 4. The van der Waals surface area contributed by atoms with Crippen LogP contribution in [0.15, 0.2) is 20.0 Å². The van der Waals surface area contributed by atoms with Crippen LogP contribution in [0.2, 0.25) is 5.02 Å². The zero-order valence-electron chi connectivity index (χ0n) is 7.88. The number of rotatable bonds is 2. The molecule has 7 heteroatoms. The molecule has 4 nitrogen and oxygen atoms in total. The van der Waals surface area contributed by atoms with Crippen molar-refractivity contribution in [2.24, 2.45) is 4.99 Å². The predicted molar refractivity (Wildman–Crippen MR) is 66.0 cm³/mol. The average Bonchev–Trinajstić information content (AvgIpc) is 2.23. The van der Waals surface area contributed by atoms with Gasteiger partial charge in [0.15, 0.2) is 0 Å². The molecule has 1 aromatic carbocycles. The van der Waals surface area contributed by atoms with Gasteiger partial charge >= 0.3 is 5.97 Å². The third-order valence-corrected chi connectivity index (χ3v) is 3.38. The van der Waals surface area contributed by atoms with E-state index in [9.17, 15) is 9.59 Å². The van der Waals surface area contributed by atoms with E-state index in [0.717, 1.165) is 0 Å². The summed E-state index contributed by atoms with van der Waals surface area (Å²) in [6.07, 6.45) is 1.36. The maximum absolute atomic E-state index is 11.5. The Labute approximate surface area is 113 Å². The minimum absolute atomic E-state index is 0.139. The van der Waals surface area contributed by atoms with Crippen molar-refractivity contribution in [2.45, 2.75) is 0 Å². The van der Waals surface area contributed by atoms with Crippen LogP contribution in [0, 0.1) is 0 Å². The van der Waals surface area contributed by atoms with Gasteiger partial charge in [0.1, 0.15) is 5.69 Å². The molecule has 0 aliphatic heterocycles. The first-order chi connectivity index (χ1) is 7.52. The number of isocyanates is 1. The molecule has 16 heavy (non-hydrogen) atoms. The quantitative estimate of drug-likeness (QED) is 0.455. The normalized spacial score (nSPS) is 9.50. The van der Waals surface area contributed by atoms with Crippen LogP contribution < -0.4 is 0 Å². The number of benzene rings is 1. The van der Waals surface area contributed by atoms with Gasteiger partial charge in [-0.2, -0.15) is 4.99 Å². The number of nitrogens with zero attached hydrogens (tertiary/aromatic N) is 1. The van der Waals surface area contributed by atoms with E-state index in [0.29, 0.717) is 4.47 Å². The number of carbonyl (C=O) groups excluding carboxylic acids is 2. The Morgan fingerprint density at radius 1 is 1.56 bits per heavy atom. The Bertz CT molecular complexity index is 498. The van der Waals surface area contributed by atoms with E-state index in [1.165, 1.54) is 19.3 Å². The Morgan fingerprint density at radius 2 is 2.19 bits per heavy atom. The highest BCUT2D eigenvalue weighted by molar-refractivity contribution is 9.11. The van der Waals surface area contributed by atoms with E-state index in [1.807, 2.05) is 0 Å². The van der Waals surface area contributed by atoms with Crippen molar-refractivity contribution >= 4 is 61.2 Å². The number of methoxy groups -OCH3 is 1. The van der Waals surface area contributed by atoms with Crippen LogP contribution in [0.1, 0.15) is 10.4 Å². The van der Waals surface area contributed by atoms with Crippen molar-refractivity contribution in [3.8, 4) is 0 Å². The van der Waals surface area contributed by atoms with Crippen molar-refractivity contribution in [3.63, 3.8) is 0 Å². The summed E-state index contributed by atoms with van der Waals surface area (Å²) < 4.78 is 5.31. The molecule has 0 unspecified atom stereocenters. The third kappa shape index (κ3) is 2.52. The van der Waals surface area contributed by atoms with Crippen LogP contribution >= 0.6 is 43.5 Å². The van der Waals surface area contributed by atoms with Gasteiger partial charge in [-0.15, -0.1) is 0 Å². The number of ether oxygens (including phenoxy) is 1. The molecule has 84 valence electrons. The lowest BCUT2D eigenvalue weighted by Gasteiger charge is -2.08. The molecule has 0 aliphatic carbocycles. The van der Waals surface area contributed by atoms with Gasteiger partial charge in [-0.3, -0.25) is 0 Å². The Balaban J connectivity index is 3.57. The van der Waals surface area contributed by atoms with Gasteiger partial charge in [0.2, 0.25) is 6.08 Å². The van der Waals surface area contributed by atoms with Crippen molar-refractivity contribution < 1.29 is 14.3 Å². The number of hydrogen-bond donors (Lipinski definition) is 0. The maximum Gasteiger partial charge on any atom is 0.340 e. The highest BCUT2D eigenvalue weighted by Crippen LogP contribution is 2.40. The van der Waals surface area contributed by atoms with E-state index in [1.54, 1.807) is 0 Å². The summed E-state index contributed by atoms with van der Waals surface area (Å²) >= 11 is 12.2. The van der Waals surface area contributed by atoms with Crippen molar-refractivity contribution in [2.75, 3.05) is 7.11 Å². The van der Waals surface area contributed by atoms with Crippen molar-refractivity contribution in [1.82, 2.24) is 0 Å². The Hall–Kier alpha value is -0.680. The average molecular weight is 369 g/mol. The van der Waals surface area contributed by atoms with E-state index < -0.39 is 5.97 Å². The number of esters is 1. The van der Waals surface area contributed by atoms with Crippen LogP contribution in [0.4, 0.5) is 5.69 Å². The molecule has 0 atom stereocenters. The predicted octanol–water partition coefficient (Wildman–Crippen LogP) is 3.62. The highest BCUT2D eigenvalue weighted by atomic mass is 79.9. The third-order valence-electron chi connectivity index (χ3n) is 1.69. The van der Waals surface area contributed by atoms with Crippen LogP contribution in [0.3, 0.4) is 0 Å². The summed E-state index contributed by atoms with van der Waals surface area (Å²) in [5.74, 6) is -0.572. The lowest BCUT2D eigenvalue weighted by molar-refractivity contribution is 0.0598. The van der Waals surface area contributed by atoms with Crippen LogP contribution in [-0.4, -0.2) is 19.2 Å². The molecule has 0 radical (unpaired) electrons. The molecule has 1 aromatic rings. The molecule has 0 amide bonds. The molecule has 0 bridgehead atoms. The summed E-state index contributed by atoms with van der Waals surface area (Å²) in [4.78, 5) is 25.1. The van der Waals surface area contributed by atoms with Crippen LogP contribution in [0.25, 0.3) is 0 Å². The van der Waals surface area contributed by atoms with Gasteiger partial charge in [0, 0.05) is 4.47 Å². The fraction of sp³-hybridized carbons (Fsp3) is 0.111. The first kappa shape index (κ1) is 13.4. The molecule has 0 spiro atoms. The van der Waals surface area contributed by atoms with Gasteiger partial charge < -0.3 is 4.74 Å². The van der Waals surface area contributed by atoms with Gasteiger partial charge in [-0.25, -0.2) is 9.59 Å². The molecule has 0 heterocycles. The second-order valence-corrected chi connectivity index (χ2v) is 4.63. The molecule has 0 aliphatic rings. The van der Waals surface area contributed by atoms with Gasteiger partial charge in [0.05, 0.1) is 22.2 Å². The molecule has 0 saturated heterocycles. The Morgan fingerprint density at radius 3 is 2.69 bits per heavy atom. The molecular formula is C9H4Br2ClNO3. The largest absolute Gasteiger partial charge is 0.465 e. The van der Waals surface area contributed by atoms with Gasteiger partial charge in [-0.05, 0) is 37.9 Å². The second kappa shape index (κ2) is 5.59. The lowest BCUT2D eigenvalue weighted by Crippen LogP contribution is -2.03. The SMILES string of the molecule is COC(=O)c1c(Br)cc(Cl)c(N=C=O)c1Br. The van der Waals surface area contributed by atoms with E-state index in [2.05, 4.69) is 41.6 Å².